The molecule has 0 saturated carbocycles. The Morgan fingerprint density at radius 1 is 1.08 bits per heavy atom. The van der Waals surface area contributed by atoms with Crippen LogP contribution in [0.2, 0.25) is 0 Å². The van der Waals surface area contributed by atoms with Crippen LogP contribution in [0.15, 0.2) is 54.6 Å². The van der Waals surface area contributed by atoms with Gasteiger partial charge in [0.05, 0.1) is 11.3 Å². The van der Waals surface area contributed by atoms with Crippen molar-refractivity contribution in [1.29, 1.82) is 0 Å². The van der Waals surface area contributed by atoms with Crippen molar-refractivity contribution in [2.75, 3.05) is 13.1 Å². The summed E-state index contributed by atoms with van der Waals surface area (Å²) in [6.07, 6.45) is 0.738. The Morgan fingerprint density at radius 3 is 2.31 bits per heavy atom. The number of carbonyl (C=O) groups excluding carboxylic acids is 1. The number of likely N-dealkylation sites (tertiary alicyclic amines) is 1. The first-order chi connectivity index (χ1) is 12.4. The van der Waals surface area contributed by atoms with Crippen LogP contribution in [0.5, 0.6) is 0 Å². The molecule has 0 aromatic heterocycles. The highest BCUT2D eigenvalue weighted by atomic mass is 19.1. The number of amides is 1. The summed E-state index contributed by atoms with van der Waals surface area (Å²) in [6.45, 7) is 2.51. The lowest BCUT2D eigenvalue weighted by molar-refractivity contribution is -0.148. The van der Waals surface area contributed by atoms with E-state index >= 15 is 0 Å². The second-order valence-corrected chi connectivity index (χ2v) is 6.86. The summed E-state index contributed by atoms with van der Waals surface area (Å²) in [5, 5.41) is 9.84. The predicted octanol–water partition coefficient (Wildman–Crippen LogP) is 3.57. The van der Waals surface area contributed by atoms with Crippen molar-refractivity contribution in [1.82, 2.24) is 4.90 Å². The number of nitrogens with zero attached hydrogens (tertiary/aromatic N) is 1. The van der Waals surface area contributed by atoms with E-state index in [9.17, 15) is 19.1 Å². The SMILES string of the molecule is CC(C(=O)N1CCC(C(=O)O)(c2ccccc2)CC1)c1cccc(F)c1. The minimum absolute atomic E-state index is 0.0948. The van der Waals surface area contributed by atoms with Gasteiger partial charge in [0.25, 0.3) is 0 Å². The fourth-order valence-electron chi connectivity index (χ4n) is 3.68. The van der Waals surface area contributed by atoms with Crippen LogP contribution in [0.4, 0.5) is 4.39 Å². The molecule has 0 radical (unpaired) electrons. The highest BCUT2D eigenvalue weighted by Gasteiger charge is 2.44. The van der Waals surface area contributed by atoms with Gasteiger partial charge < -0.3 is 10.0 Å². The number of aliphatic carboxylic acids is 1. The second kappa shape index (κ2) is 7.28. The molecule has 0 spiro atoms. The summed E-state index contributed by atoms with van der Waals surface area (Å²) in [6, 6.07) is 15.3. The highest BCUT2D eigenvalue weighted by molar-refractivity contribution is 5.85. The summed E-state index contributed by atoms with van der Waals surface area (Å²) in [7, 11) is 0. The molecule has 0 bridgehead atoms. The molecule has 1 fully saturated rings. The van der Waals surface area contributed by atoms with Crippen LogP contribution in [-0.2, 0) is 15.0 Å². The first-order valence-electron chi connectivity index (χ1n) is 8.77. The zero-order valence-electron chi connectivity index (χ0n) is 14.7. The summed E-state index contributed by atoms with van der Waals surface area (Å²) in [4.78, 5) is 26.5. The highest BCUT2D eigenvalue weighted by Crippen LogP contribution is 2.36. The molecule has 1 atom stereocenters. The molecule has 0 aliphatic carbocycles. The number of hydrogen-bond acceptors (Lipinski definition) is 2. The number of carboxylic acid groups (broad SMARTS) is 1. The van der Waals surface area contributed by atoms with Crippen LogP contribution in [-0.4, -0.2) is 35.0 Å². The van der Waals surface area contributed by atoms with Crippen molar-refractivity contribution >= 4 is 11.9 Å². The average Bonchev–Trinajstić information content (AvgIpc) is 2.67. The molecule has 26 heavy (non-hydrogen) atoms. The third-order valence-electron chi connectivity index (χ3n) is 5.38. The number of halogens is 1. The normalized spacial score (nSPS) is 17.5. The molecule has 1 N–H and O–H groups in total. The summed E-state index contributed by atoms with van der Waals surface area (Å²) < 4.78 is 13.4. The van der Waals surface area contributed by atoms with Gasteiger partial charge in [-0.2, -0.15) is 0 Å². The van der Waals surface area contributed by atoms with Gasteiger partial charge in [-0.1, -0.05) is 42.5 Å². The van der Waals surface area contributed by atoms with Gasteiger partial charge in [-0.3, -0.25) is 9.59 Å². The molecule has 2 aromatic carbocycles. The minimum Gasteiger partial charge on any atom is -0.481 e. The van der Waals surface area contributed by atoms with Crippen molar-refractivity contribution in [3.05, 3.63) is 71.5 Å². The lowest BCUT2D eigenvalue weighted by atomic mass is 9.72. The van der Waals surface area contributed by atoms with E-state index in [1.54, 1.807) is 24.0 Å². The standard InChI is InChI=1S/C21H22FNO3/c1-15(16-6-5-9-18(22)14-16)19(24)23-12-10-21(11-13-23,20(25)26)17-7-3-2-4-8-17/h2-9,14-15H,10-13H2,1H3,(H,25,26). The maximum atomic E-state index is 13.4. The Bertz CT molecular complexity index is 798. The summed E-state index contributed by atoms with van der Waals surface area (Å²) >= 11 is 0. The Labute approximate surface area is 152 Å². The topological polar surface area (TPSA) is 57.6 Å². The van der Waals surface area contributed by atoms with Crippen LogP contribution < -0.4 is 0 Å². The fraction of sp³-hybridized carbons (Fsp3) is 0.333. The zero-order valence-corrected chi connectivity index (χ0v) is 14.7. The Morgan fingerprint density at radius 2 is 1.73 bits per heavy atom. The number of carbonyl (C=O) groups is 2. The molecule has 1 amide bonds. The molecule has 4 nitrogen and oxygen atoms in total. The number of carboxylic acids is 1. The zero-order chi connectivity index (χ0) is 18.7. The van der Waals surface area contributed by atoms with E-state index in [1.807, 2.05) is 30.3 Å². The molecule has 1 heterocycles. The van der Waals surface area contributed by atoms with Crippen molar-refractivity contribution in [3.63, 3.8) is 0 Å². The molecule has 1 saturated heterocycles. The quantitative estimate of drug-likeness (QED) is 0.912. The summed E-state index contributed by atoms with van der Waals surface area (Å²) in [5.74, 6) is -1.77. The molecule has 1 unspecified atom stereocenters. The lowest BCUT2D eigenvalue weighted by Gasteiger charge is -2.40. The number of piperidine rings is 1. The Kier molecular flexibility index (Phi) is 5.07. The first-order valence-corrected chi connectivity index (χ1v) is 8.77. The molecule has 2 aromatic rings. The van der Waals surface area contributed by atoms with Gasteiger partial charge in [0.2, 0.25) is 5.91 Å². The number of hydrogen-bond donors (Lipinski definition) is 1. The third kappa shape index (κ3) is 3.34. The molecular weight excluding hydrogens is 333 g/mol. The number of benzene rings is 2. The van der Waals surface area contributed by atoms with Crippen LogP contribution in [0.25, 0.3) is 0 Å². The molecule has 3 rings (SSSR count). The minimum atomic E-state index is -0.958. The Balaban J connectivity index is 1.74. The van der Waals surface area contributed by atoms with Gasteiger partial charge in [-0.25, -0.2) is 4.39 Å². The van der Waals surface area contributed by atoms with E-state index in [2.05, 4.69) is 0 Å². The van der Waals surface area contributed by atoms with Gasteiger partial charge in [-0.15, -0.1) is 0 Å². The first kappa shape index (κ1) is 18.1. The van der Waals surface area contributed by atoms with Gasteiger partial charge in [0, 0.05) is 13.1 Å². The molecule has 1 aliphatic heterocycles. The Hall–Kier alpha value is -2.69. The predicted molar refractivity (Wildman–Crippen MR) is 96.4 cm³/mol. The van der Waals surface area contributed by atoms with Gasteiger partial charge >= 0.3 is 5.97 Å². The van der Waals surface area contributed by atoms with Crippen LogP contribution in [0.1, 0.15) is 36.8 Å². The van der Waals surface area contributed by atoms with Gasteiger partial charge in [0.15, 0.2) is 0 Å². The van der Waals surface area contributed by atoms with Crippen LogP contribution in [0, 0.1) is 5.82 Å². The third-order valence-corrected chi connectivity index (χ3v) is 5.38. The molecule has 136 valence electrons. The maximum Gasteiger partial charge on any atom is 0.314 e. The van der Waals surface area contributed by atoms with Crippen molar-refractivity contribution < 1.29 is 19.1 Å². The smallest absolute Gasteiger partial charge is 0.314 e. The monoisotopic (exact) mass is 355 g/mol. The van der Waals surface area contributed by atoms with Crippen molar-refractivity contribution in [3.8, 4) is 0 Å². The van der Waals surface area contributed by atoms with E-state index in [-0.39, 0.29) is 11.7 Å². The van der Waals surface area contributed by atoms with E-state index in [0.29, 0.717) is 31.5 Å². The van der Waals surface area contributed by atoms with E-state index in [1.165, 1.54) is 12.1 Å². The fourth-order valence-corrected chi connectivity index (χ4v) is 3.68. The van der Waals surface area contributed by atoms with Crippen molar-refractivity contribution in [2.45, 2.75) is 31.1 Å². The van der Waals surface area contributed by atoms with Gasteiger partial charge in [0.1, 0.15) is 5.82 Å². The van der Waals surface area contributed by atoms with E-state index < -0.39 is 17.3 Å². The molecule has 1 aliphatic rings. The largest absolute Gasteiger partial charge is 0.481 e. The molecule has 5 heteroatoms. The van der Waals surface area contributed by atoms with Gasteiger partial charge in [-0.05, 0) is 43.0 Å². The van der Waals surface area contributed by atoms with Crippen LogP contribution in [0.3, 0.4) is 0 Å². The second-order valence-electron chi connectivity index (χ2n) is 6.86. The maximum absolute atomic E-state index is 13.4. The van der Waals surface area contributed by atoms with Crippen molar-refractivity contribution in [2.24, 2.45) is 0 Å². The lowest BCUT2D eigenvalue weighted by Crippen LogP contribution is -2.49. The van der Waals surface area contributed by atoms with E-state index in [0.717, 1.165) is 5.56 Å². The average molecular weight is 355 g/mol. The van der Waals surface area contributed by atoms with Crippen LogP contribution >= 0.6 is 0 Å². The summed E-state index contributed by atoms with van der Waals surface area (Å²) in [5.41, 5.74) is 0.450. The molecular formula is C21H22FNO3. The van der Waals surface area contributed by atoms with E-state index in [4.69, 9.17) is 0 Å². The number of rotatable bonds is 4.